The van der Waals surface area contributed by atoms with Crippen molar-refractivity contribution < 1.29 is 4.42 Å². The van der Waals surface area contributed by atoms with Gasteiger partial charge in [-0.05, 0) is 38.8 Å². The summed E-state index contributed by atoms with van der Waals surface area (Å²) in [6, 6.07) is 4.09. The molecule has 0 saturated heterocycles. The maximum absolute atomic E-state index is 6.19. The normalized spacial score (nSPS) is 12.9. The Morgan fingerprint density at radius 2 is 2.24 bits per heavy atom. The second kappa shape index (κ2) is 4.75. The fraction of sp³-hybridized carbons (Fsp3) is 0.462. The number of nitrogens with zero attached hydrogens (tertiary/aromatic N) is 2. The average molecular weight is 233 g/mol. The molecule has 0 radical (unpaired) electrons. The first-order chi connectivity index (χ1) is 8.08. The first-order valence-corrected chi connectivity index (χ1v) is 5.87. The summed E-state index contributed by atoms with van der Waals surface area (Å²) in [5, 5.41) is 4.15. The van der Waals surface area contributed by atoms with E-state index in [1.54, 1.807) is 0 Å². The smallest absolute Gasteiger partial charge is 0.105 e. The summed E-state index contributed by atoms with van der Waals surface area (Å²) < 4.78 is 7.39. The van der Waals surface area contributed by atoms with Crippen molar-refractivity contribution in [1.82, 2.24) is 9.78 Å². The summed E-state index contributed by atoms with van der Waals surface area (Å²) >= 11 is 0. The molecular weight excluding hydrogens is 214 g/mol. The lowest BCUT2D eigenvalue weighted by atomic mass is 10.0. The molecule has 0 saturated carbocycles. The minimum absolute atomic E-state index is 0.0300. The zero-order valence-electron chi connectivity index (χ0n) is 10.6. The third-order valence-corrected chi connectivity index (χ3v) is 3.11. The van der Waals surface area contributed by atoms with Gasteiger partial charge in [-0.2, -0.15) is 5.10 Å². The van der Waals surface area contributed by atoms with E-state index in [0.29, 0.717) is 0 Å². The Morgan fingerprint density at radius 3 is 2.76 bits per heavy atom. The number of hydrogen-bond acceptors (Lipinski definition) is 3. The quantitative estimate of drug-likeness (QED) is 0.881. The minimum atomic E-state index is 0.0300. The highest BCUT2D eigenvalue weighted by Gasteiger charge is 2.13. The summed E-state index contributed by atoms with van der Waals surface area (Å²) in [5.74, 6) is 1.86. The lowest BCUT2D eigenvalue weighted by Crippen LogP contribution is -2.12. The molecule has 0 aliphatic carbocycles. The highest BCUT2D eigenvalue weighted by molar-refractivity contribution is 5.23. The van der Waals surface area contributed by atoms with Crippen LogP contribution in [-0.2, 0) is 13.5 Å². The Bertz CT molecular complexity index is 498. The lowest BCUT2D eigenvalue weighted by Gasteiger charge is -2.10. The van der Waals surface area contributed by atoms with Crippen LogP contribution in [-0.4, -0.2) is 9.78 Å². The van der Waals surface area contributed by atoms with Crippen LogP contribution in [0.1, 0.15) is 35.2 Å². The van der Waals surface area contributed by atoms with Crippen LogP contribution in [0.3, 0.4) is 0 Å². The van der Waals surface area contributed by atoms with Gasteiger partial charge in [-0.15, -0.1) is 0 Å². The molecule has 2 heterocycles. The predicted octanol–water partition coefficient (Wildman–Crippen LogP) is 2.26. The fourth-order valence-electron chi connectivity index (χ4n) is 2.12. The van der Waals surface area contributed by atoms with Crippen molar-refractivity contribution in [3.05, 3.63) is 41.1 Å². The molecule has 0 bridgehead atoms. The highest BCUT2D eigenvalue weighted by atomic mass is 16.3. The van der Waals surface area contributed by atoms with E-state index in [1.807, 2.05) is 43.9 Å². The Kier molecular flexibility index (Phi) is 3.33. The molecule has 0 amide bonds. The molecular formula is C13H19N3O. The van der Waals surface area contributed by atoms with Crippen LogP contribution in [0.5, 0.6) is 0 Å². The van der Waals surface area contributed by atoms with Crippen LogP contribution in [0.15, 0.2) is 22.7 Å². The van der Waals surface area contributed by atoms with Crippen molar-refractivity contribution in [3.63, 3.8) is 0 Å². The number of nitrogens with two attached hydrogens (primary N) is 1. The van der Waals surface area contributed by atoms with E-state index >= 15 is 0 Å². The van der Waals surface area contributed by atoms with Gasteiger partial charge in [0.2, 0.25) is 0 Å². The van der Waals surface area contributed by atoms with E-state index < -0.39 is 0 Å². The zero-order chi connectivity index (χ0) is 12.4. The van der Waals surface area contributed by atoms with Gasteiger partial charge in [-0.3, -0.25) is 4.68 Å². The van der Waals surface area contributed by atoms with Crippen molar-refractivity contribution in [2.75, 3.05) is 0 Å². The number of aryl methyl sites for hydroxylation is 4. The molecule has 0 spiro atoms. The van der Waals surface area contributed by atoms with Gasteiger partial charge < -0.3 is 10.2 Å². The van der Waals surface area contributed by atoms with E-state index in [4.69, 9.17) is 10.2 Å². The van der Waals surface area contributed by atoms with E-state index in [-0.39, 0.29) is 6.04 Å². The van der Waals surface area contributed by atoms with Gasteiger partial charge in [-0.1, -0.05) is 0 Å². The predicted molar refractivity (Wildman–Crippen MR) is 66.6 cm³/mol. The van der Waals surface area contributed by atoms with Crippen molar-refractivity contribution in [2.24, 2.45) is 12.8 Å². The number of hydrogen-bond donors (Lipinski definition) is 1. The summed E-state index contributed by atoms with van der Waals surface area (Å²) in [5.41, 5.74) is 8.51. The molecule has 0 fully saturated rings. The summed E-state index contributed by atoms with van der Waals surface area (Å²) in [7, 11) is 1.95. The van der Waals surface area contributed by atoms with Crippen molar-refractivity contribution >= 4 is 0 Å². The second-order valence-corrected chi connectivity index (χ2v) is 4.46. The molecule has 2 rings (SSSR count). The van der Waals surface area contributed by atoms with Crippen LogP contribution >= 0.6 is 0 Å². The lowest BCUT2D eigenvalue weighted by molar-refractivity contribution is 0.494. The molecule has 4 heteroatoms. The molecule has 2 aromatic rings. The first kappa shape index (κ1) is 11.9. The van der Waals surface area contributed by atoms with Gasteiger partial charge in [0.15, 0.2) is 0 Å². The van der Waals surface area contributed by atoms with E-state index in [0.717, 1.165) is 29.9 Å². The van der Waals surface area contributed by atoms with Gasteiger partial charge in [0.25, 0.3) is 0 Å². The highest BCUT2D eigenvalue weighted by Crippen LogP contribution is 2.23. The van der Waals surface area contributed by atoms with Gasteiger partial charge in [0.05, 0.1) is 0 Å². The molecule has 0 aromatic carbocycles. The topological polar surface area (TPSA) is 57.0 Å². The van der Waals surface area contributed by atoms with Crippen LogP contribution in [0.4, 0.5) is 0 Å². The molecule has 2 aromatic heterocycles. The Labute approximate surface area is 101 Å². The Balaban J connectivity index is 2.00. The van der Waals surface area contributed by atoms with E-state index in [2.05, 4.69) is 5.10 Å². The molecule has 17 heavy (non-hydrogen) atoms. The molecule has 92 valence electrons. The first-order valence-electron chi connectivity index (χ1n) is 5.87. The summed E-state index contributed by atoms with van der Waals surface area (Å²) in [4.78, 5) is 0. The summed E-state index contributed by atoms with van der Waals surface area (Å²) in [6.07, 6.45) is 3.65. The van der Waals surface area contributed by atoms with Crippen molar-refractivity contribution in [2.45, 2.75) is 32.7 Å². The Hall–Kier alpha value is -1.55. The van der Waals surface area contributed by atoms with Crippen molar-refractivity contribution in [1.29, 1.82) is 0 Å². The third kappa shape index (κ3) is 2.58. The van der Waals surface area contributed by atoms with Crippen LogP contribution in [0, 0.1) is 13.8 Å². The van der Waals surface area contributed by atoms with Gasteiger partial charge in [0.1, 0.15) is 11.5 Å². The Morgan fingerprint density at radius 1 is 1.47 bits per heavy atom. The van der Waals surface area contributed by atoms with Crippen molar-refractivity contribution in [3.8, 4) is 0 Å². The molecule has 0 aliphatic rings. The van der Waals surface area contributed by atoms with Gasteiger partial charge in [-0.25, -0.2) is 0 Å². The number of rotatable bonds is 4. The van der Waals surface area contributed by atoms with E-state index in [9.17, 15) is 0 Å². The maximum Gasteiger partial charge on any atom is 0.105 e. The molecule has 0 aliphatic heterocycles. The second-order valence-electron chi connectivity index (χ2n) is 4.46. The molecule has 1 atom stereocenters. The fourth-order valence-corrected chi connectivity index (χ4v) is 2.12. The average Bonchev–Trinajstić information content (AvgIpc) is 2.81. The standard InChI is InChI=1S/C13H19N3O/c1-9-8-12(10(2)17-9)13(14)5-4-11-6-7-15-16(11)3/h6-8,13H,4-5,14H2,1-3H3. The molecule has 1 unspecified atom stereocenters. The van der Waals surface area contributed by atoms with Crippen LogP contribution in [0.2, 0.25) is 0 Å². The third-order valence-electron chi connectivity index (χ3n) is 3.11. The summed E-state index contributed by atoms with van der Waals surface area (Å²) in [6.45, 7) is 3.91. The largest absolute Gasteiger partial charge is 0.466 e. The number of aromatic nitrogens is 2. The maximum atomic E-state index is 6.19. The minimum Gasteiger partial charge on any atom is -0.466 e. The van der Waals surface area contributed by atoms with Crippen LogP contribution < -0.4 is 5.73 Å². The van der Waals surface area contributed by atoms with Gasteiger partial charge in [0, 0.05) is 30.5 Å². The number of furan rings is 1. The SMILES string of the molecule is Cc1cc(C(N)CCc2ccnn2C)c(C)o1. The zero-order valence-corrected chi connectivity index (χ0v) is 10.6. The molecule has 2 N–H and O–H groups in total. The monoisotopic (exact) mass is 233 g/mol. The van der Waals surface area contributed by atoms with E-state index in [1.165, 1.54) is 5.69 Å². The van der Waals surface area contributed by atoms with Crippen LogP contribution in [0.25, 0.3) is 0 Å². The van der Waals surface area contributed by atoms with Gasteiger partial charge >= 0.3 is 0 Å². The molecule has 4 nitrogen and oxygen atoms in total.